The number of nitrogens with zero attached hydrogens (tertiary/aromatic N) is 1. The Hall–Kier alpha value is -1.11. The standard InChI is InChI=1S/C12H21N3O2S/c1-15(2)9-4-3-8-14-18(16,17)12-7-5-6-11(13)10-12/h5-7,10,14H,3-4,8-9,13H2,1-2H3. The monoisotopic (exact) mass is 271 g/mol. The van der Waals surface area contributed by atoms with Gasteiger partial charge >= 0.3 is 0 Å². The van der Waals surface area contributed by atoms with E-state index in [2.05, 4.69) is 9.62 Å². The normalized spacial score (nSPS) is 11.9. The van der Waals surface area contributed by atoms with Gasteiger partial charge in [-0.15, -0.1) is 0 Å². The molecule has 0 unspecified atom stereocenters. The Bertz CT molecular complexity index is 472. The van der Waals surface area contributed by atoms with Gasteiger partial charge in [-0.2, -0.15) is 0 Å². The fraction of sp³-hybridized carbons (Fsp3) is 0.500. The van der Waals surface area contributed by atoms with Gasteiger partial charge in [0.2, 0.25) is 10.0 Å². The lowest BCUT2D eigenvalue weighted by Gasteiger charge is -2.10. The number of benzene rings is 1. The van der Waals surface area contributed by atoms with E-state index in [1.54, 1.807) is 18.2 Å². The van der Waals surface area contributed by atoms with Crippen LogP contribution >= 0.6 is 0 Å². The van der Waals surface area contributed by atoms with Crippen molar-refractivity contribution in [2.45, 2.75) is 17.7 Å². The molecule has 0 aliphatic rings. The van der Waals surface area contributed by atoms with E-state index in [1.807, 2.05) is 14.1 Å². The number of sulfonamides is 1. The van der Waals surface area contributed by atoms with Crippen LogP contribution in [0.2, 0.25) is 0 Å². The summed E-state index contributed by atoms with van der Waals surface area (Å²) < 4.78 is 26.4. The molecule has 0 amide bonds. The molecule has 0 spiro atoms. The predicted molar refractivity (Wildman–Crippen MR) is 73.8 cm³/mol. The van der Waals surface area contributed by atoms with Crippen LogP contribution in [-0.4, -0.2) is 40.5 Å². The second-order valence-electron chi connectivity index (χ2n) is 4.48. The number of nitrogen functional groups attached to an aromatic ring is 1. The highest BCUT2D eigenvalue weighted by atomic mass is 32.2. The maximum Gasteiger partial charge on any atom is 0.240 e. The van der Waals surface area contributed by atoms with E-state index < -0.39 is 10.0 Å². The first kappa shape index (κ1) is 14.9. The molecule has 0 aliphatic heterocycles. The fourth-order valence-electron chi connectivity index (χ4n) is 1.52. The molecular weight excluding hydrogens is 250 g/mol. The highest BCUT2D eigenvalue weighted by Gasteiger charge is 2.12. The Balaban J connectivity index is 2.46. The Morgan fingerprint density at radius 3 is 2.61 bits per heavy atom. The maximum absolute atomic E-state index is 11.9. The number of hydrogen-bond donors (Lipinski definition) is 2. The van der Waals surface area contributed by atoms with E-state index in [1.165, 1.54) is 6.07 Å². The van der Waals surface area contributed by atoms with E-state index in [4.69, 9.17) is 5.73 Å². The largest absolute Gasteiger partial charge is 0.399 e. The molecule has 102 valence electrons. The van der Waals surface area contributed by atoms with Crippen molar-refractivity contribution >= 4 is 15.7 Å². The zero-order chi connectivity index (χ0) is 13.6. The molecule has 18 heavy (non-hydrogen) atoms. The molecule has 0 aliphatic carbocycles. The minimum absolute atomic E-state index is 0.218. The van der Waals surface area contributed by atoms with Gasteiger partial charge in [0.05, 0.1) is 4.90 Å². The molecule has 6 heteroatoms. The maximum atomic E-state index is 11.9. The van der Waals surface area contributed by atoms with Gasteiger partial charge in [0.25, 0.3) is 0 Å². The van der Waals surface area contributed by atoms with Crippen LogP contribution in [0.15, 0.2) is 29.2 Å². The quantitative estimate of drug-likeness (QED) is 0.570. The summed E-state index contributed by atoms with van der Waals surface area (Å²) >= 11 is 0. The van der Waals surface area contributed by atoms with Gasteiger partial charge in [-0.25, -0.2) is 13.1 Å². The van der Waals surface area contributed by atoms with Crippen molar-refractivity contribution in [3.05, 3.63) is 24.3 Å². The number of unbranched alkanes of at least 4 members (excludes halogenated alkanes) is 1. The molecule has 0 fully saturated rings. The number of anilines is 1. The summed E-state index contributed by atoms with van der Waals surface area (Å²) in [6, 6.07) is 6.30. The van der Waals surface area contributed by atoms with Crippen molar-refractivity contribution in [2.75, 3.05) is 32.9 Å². The highest BCUT2D eigenvalue weighted by molar-refractivity contribution is 7.89. The van der Waals surface area contributed by atoms with E-state index in [0.717, 1.165) is 19.4 Å². The molecule has 1 aromatic carbocycles. The van der Waals surface area contributed by atoms with Crippen LogP contribution in [0.25, 0.3) is 0 Å². The molecule has 1 rings (SSSR count). The van der Waals surface area contributed by atoms with Crippen molar-refractivity contribution in [1.82, 2.24) is 9.62 Å². The Kier molecular flexibility index (Phi) is 5.58. The second kappa shape index (κ2) is 6.72. The van der Waals surface area contributed by atoms with E-state index in [9.17, 15) is 8.42 Å². The van der Waals surface area contributed by atoms with Crippen LogP contribution < -0.4 is 10.5 Å². The van der Waals surface area contributed by atoms with Gasteiger partial charge in [-0.1, -0.05) is 6.07 Å². The SMILES string of the molecule is CN(C)CCCCNS(=O)(=O)c1cccc(N)c1. The van der Waals surface area contributed by atoms with Crippen LogP contribution in [0.3, 0.4) is 0 Å². The van der Waals surface area contributed by atoms with Crippen molar-refractivity contribution in [3.63, 3.8) is 0 Å². The van der Waals surface area contributed by atoms with Gasteiger partial charge in [-0.3, -0.25) is 0 Å². The second-order valence-corrected chi connectivity index (χ2v) is 6.25. The minimum atomic E-state index is -3.43. The topological polar surface area (TPSA) is 75.4 Å². The summed E-state index contributed by atoms with van der Waals surface area (Å²) in [5.74, 6) is 0. The Morgan fingerprint density at radius 1 is 1.28 bits per heavy atom. The third kappa shape index (κ3) is 5.03. The first-order valence-electron chi connectivity index (χ1n) is 5.92. The first-order chi connectivity index (χ1) is 8.42. The van der Waals surface area contributed by atoms with Gasteiger partial charge < -0.3 is 10.6 Å². The van der Waals surface area contributed by atoms with E-state index >= 15 is 0 Å². The van der Waals surface area contributed by atoms with Gasteiger partial charge in [0.1, 0.15) is 0 Å². The van der Waals surface area contributed by atoms with E-state index in [0.29, 0.717) is 12.2 Å². The van der Waals surface area contributed by atoms with Crippen LogP contribution in [-0.2, 0) is 10.0 Å². The molecule has 0 radical (unpaired) electrons. The minimum Gasteiger partial charge on any atom is -0.399 e. The summed E-state index contributed by atoms with van der Waals surface area (Å²) in [6.07, 6.45) is 1.78. The lowest BCUT2D eigenvalue weighted by atomic mass is 10.3. The van der Waals surface area contributed by atoms with Crippen molar-refractivity contribution < 1.29 is 8.42 Å². The number of rotatable bonds is 7. The summed E-state index contributed by atoms with van der Waals surface area (Å²) in [4.78, 5) is 2.29. The lowest BCUT2D eigenvalue weighted by Crippen LogP contribution is -2.25. The molecule has 1 aromatic rings. The highest BCUT2D eigenvalue weighted by Crippen LogP contribution is 2.12. The molecular formula is C12H21N3O2S. The average Bonchev–Trinajstić information content (AvgIpc) is 2.28. The molecule has 0 bridgehead atoms. The van der Waals surface area contributed by atoms with Crippen LogP contribution in [0.1, 0.15) is 12.8 Å². The van der Waals surface area contributed by atoms with Gasteiger partial charge in [0.15, 0.2) is 0 Å². The number of hydrogen-bond acceptors (Lipinski definition) is 4. The summed E-state index contributed by atoms with van der Waals surface area (Å²) in [7, 11) is 0.567. The molecule has 5 nitrogen and oxygen atoms in total. The first-order valence-corrected chi connectivity index (χ1v) is 7.40. The van der Waals surface area contributed by atoms with Crippen molar-refractivity contribution in [1.29, 1.82) is 0 Å². The van der Waals surface area contributed by atoms with Gasteiger partial charge in [0, 0.05) is 12.2 Å². The third-order valence-corrected chi connectivity index (χ3v) is 3.95. The molecule has 0 atom stereocenters. The molecule has 0 saturated carbocycles. The van der Waals surface area contributed by atoms with Crippen LogP contribution in [0.4, 0.5) is 5.69 Å². The average molecular weight is 271 g/mol. The molecule has 0 aromatic heterocycles. The Morgan fingerprint density at radius 2 is 2.00 bits per heavy atom. The summed E-state index contributed by atoms with van der Waals surface area (Å²) in [5, 5.41) is 0. The van der Waals surface area contributed by atoms with Crippen LogP contribution in [0, 0.1) is 0 Å². The van der Waals surface area contributed by atoms with Gasteiger partial charge in [-0.05, 0) is 51.7 Å². The predicted octanol–water partition coefficient (Wildman–Crippen LogP) is 0.889. The van der Waals surface area contributed by atoms with Crippen molar-refractivity contribution in [3.8, 4) is 0 Å². The zero-order valence-corrected chi connectivity index (χ0v) is 11.7. The zero-order valence-electron chi connectivity index (χ0n) is 10.9. The lowest BCUT2D eigenvalue weighted by molar-refractivity contribution is 0.394. The number of nitrogens with two attached hydrogens (primary N) is 1. The van der Waals surface area contributed by atoms with Crippen LogP contribution in [0.5, 0.6) is 0 Å². The summed E-state index contributed by atoms with van der Waals surface area (Å²) in [6.45, 7) is 1.41. The fourth-order valence-corrected chi connectivity index (χ4v) is 2.65. The smallest absolute Gasteiger partial charge is 0.240 e. The third-order valence-electron chi connectivity index (χ3n) is 2.49. The van der Waals surface area contributed by atoms with E-state index in [-0.39, 0.29) is 4.90 Å². The van der Waals surface area contributed by atoms with Crippen molar-refractivity contribution in [2.24, 2.45) is 0 Å². The number of nitrogens with one attached hydrogen (secondary N) is 1. The molecule has 0 saturated heterocycles. The molecule has 3 N–H and O–H groups in total. The Labute approximate surface area is 109 Å². The summed E-state index contributed by atoms with van der Waals surface area (Å²) in [5.41, 5.74) is 6.02. The molecule has 0 heterocycles.